The average molecular weight is 241 g/mol. The fraction of sp³-hybridized carbons (Fsp3) is 1.00. The highest BCUT2D eigenvalue weighted by Gasteiger charge is 2.35. The molecule has 0 unspecified atom stereocenters. The zero-order chi connectivity index (χ0) is 12.9. The van der Waals surface area contributed by atoms with E-state index in [-0.39, 0.29) is 0 Å². The molecular formula is C7H15NO8. The molecule has 0 rings (SSSR count). The van der Waals surface area contributed by atoms with Gasteiger partial charge in [0.15, 0.2) is 0 Å². The third kappa shape index (κ3) is 4.35. The van der Waals surface area contributed by atoms with E-state index in [1.807, 2.05) is 0 Å². The van der Waals surface area contributed by atoms with Crippen molar-refractivity contribution >= 4 is 0 Å². The Morgan fingerprint density at radius 1 is 0.938 bits per heavy atom. The summed E-state index contributed by atoms with van der Waals surface area (Å²) in [5.41, 5.74) is 0. The van der Waals surface area contributed by atoms with Crippen LogP contribution in [0.3, 0.4) is 0 Å². The van der Waals surface area contributed by atoms with Gasteiger partial charge >= 0.3 is 0 Å². The highest BCUT2D eigenvalue weighted by atomic mass is 16.6. The molecule has 0 radical (unpaired) electrons. The number of nitro groups is 1. The van der Waals surface area contributed by atoms with E-state index in [0.717, 1.165) is 0 Å². The van der Waals surface area contributed by atoms with E-state index in [9.17, 15) is 20.3 Å². The van der Waals surface area contributed by atoms with Gasteiger partial charge < -0.3 is 30.6 Å². The molecule has 0 saturated heterocycles. The van der Waals surface area contributed by atoms with Crippen LogP contribution in [0.4, 0.5) is 0 Å². The molecular weight excluding hydrogens is 226 g/mol. The van der Waals surface area contributed by atoms with Crippen LogP contribution < -0.4 is 0 Å². The van der Waals surface area contributed by atoms with Crippen LogP contribution in [0.2, 0.25) is 0 Å². The Morgan fingerprint density at radius 2 is 1.38 bits per heavy atom. The Hall–Kier alpha value is -0.840. The second-order valence-electron chi connectivity index (χ2n) is 3.30. The van der Waals surface area contributed by atoms with Crippen molar-refractivity contribution in [1.29, 1.82) is 0 Å². The molecule has 0 aliphatic rings. The second-order valence-corrected chi connectivity index (χ2v) is 3.30. The van der Waals surface area contributed by atoms with Gasteiger partial charge in [0.05, 0.1) is 6.61 Å². The van der Waals surface area contributed by atoms with Gasteiger partial charge in [0.25, 0.3) is 0 Å². The van der Waals surface area contributed by atoms with Crippen molar-refractivity contribution in [2.75, 3.05) is 13.2 Å². The van der Waals surface area contributed by atoms with Gasteiger partial charge in [-0.1, -0.05) is 0 Å². The quantitative estimate of drug-likeness (QED) is 0.194. The molecule has 0 bridgehead atoms. The number of nitrogens with zero attached hydrogens (tertiary/aromatic N) is 1. The molecule has 0 aliphatic carbocycles. The molecule has 6 N–H and O–H groups in total. The molecule has 0 heterocycles. The summed E-state index contributed by atoms with van der Waals surface area (Å²) in [5.74, 6) is 0. The molecule has 0 fully saturated rings. The minimum absolute atomic E-state index is 0.865. The van der Waals surface area contributed by atoms with E-state index in [4.69, 9.17) is 20.4 Å². The van der Waals surface area contributed by atoms with E-state index >= 15 is 0 Å². The number of hydrogen-bond acceptors (Lipinski definition) is 8. The van der Waals surface area contributed by atoms with Crippen molar-refractivity contribution < 1.29 is 35.6 Å². The Morgan fingerprint density at radius 3 is 1.75 bits per heavy atom. The lowest BCUT2D eigenvalue weighted by Gasteiger charge is -2.26. The van der Waals surface area contributed by atoms with Crippen molar-refractivity contribution in [2.24, 2.45) is 0 Å². The fourth-order valence-electron chi connectivity index (χ4n) is 1.03. The lowest BCUT2D eigenvalue weighted by molar-refractivity contribution is -0.493. The van der Waals surface area contributed by atoms with Gasteiger partial charge in [-0.2, -0.15) is 0 Å². The molecule has 9 nitrogen and oxygen atoms in total. The van der Waals surface area contributed by atoms with Crippen LogP contribution in [-0.4, -0.2) is 79.2 Å². The Kier molecular flexibility index (Phi) is 6.33. The van der Waals surface area contributed by atoms with E-state index in [0.29, 0.717) is 0 Å². The van der Waals surface area contributed by atoms with Gasteiger partial charge in [0.1, 0.15) is 30.5 Å². The van der Waals surface area contributed by atoms with Gasteiger partial charge in [0, 0.05) is 4.92 Å². The fourth-order valence-corrected chi connectivity index (χ4v) is 1.03. The molecule has 0 spiro atoms. The van der Waals surface area contributed by atoms with E-state index in [1.165, 1.54) is 0 Å². The Labute approximate surface area is 90.3 Å². The maximum atomic E-state index is 10.00. The monoisotopic (exact) mass is 241 g/mol. The topological polar surface area (TPSA) is 165 Å². The summed E-state index contributed by atoms with van der Waals surface area (Å²) < 4.78 is 0. The summed E-state index contributed by atoms with van der Waals surface area (Å²) in [6.45, 7) is -1.88. The van der Waals surface area contributed by atoms with Crippen molar-refractivity contribution in [3.05, 3.63) is 10.1 Å². The molecule has 0 amide bonds. The first-order valence-electron chi connectivity index (χ1n) is 4.44. The first kappa shape index (κ1) is 15.2. The van der Waals surface area contributed by atoms with Crippen LogP contribution in [0.15, 0.2) is 0 Å². The van der Waals surface area contributed by atoms with Gasteiger partial charge in [-0.15, -0.1) is 0 Å². The van der Waals surface area contributed by atoms with E-state index in [2.05, 4.69) is 0 Å². The van der Waals surface area contributed by atoms with E-state index in [1.54, 1.807) is 0 Å². The maximum absolute atomic E-state index is 10.00. The Balaban J connectivity index is 4.35. The number of rotatable bonds is 7. The lowest BCUT2D eigenvalue weighted by atomic mass is 9.99. The van der Waals surface area contributed by atoms with Crippen LogP contribution >= 0.6 is 0 Å². The molecule has 0 aliphatic heterocycles. The minimum Gasteiger partial charge on any atom is -0.394 e. The summed E-state index contributed by atoms with van der Waals surface area (Å²) in [6, 6.07) is 0. The van der Waals surface area contributed by atoms with Gasteiger partial charge in [-0.25, -0.2) is 0 Å². The molecule has 5 atom stereocenters. The van der Waals surface area contributed by atoms with E-state index < -0.39 is 48.6 Å². The highest BCUT2D eigenvalue weighted by molar-refractivity contribution is 4.84. The number of aliphatic hydroxyl groups excluding tert-OH is 6. The smallest absolute Gasteiger partial charge is 0.232 e. The van der Waals surface area contributed by atoms with Crippen molar-refractivity contribution in [3.63, 3.8) is 0 Å². The summed E-state index contributed by atoms with van der Waals surface area (Å²) in [7, 11) is 0. The summed E-state index contributed by atoms with van der Waals surface area (Å²) in [5, 5.41) is 64.0. The van der Waals surface area contributed by atoms with Crippen molar-refractivity contribution in [2.45, 2.75) is 30.5 Å². The third-order valence-corrected chi connectivity index (χ3v) is 2.01. The summed E-state index contributed by atoms with van der Waals surface area (Å²) in [4.78, 5) is 9.09. The molecule has 9 heteroatoms. The van der Waals surface area contributed by atoms with Gasteiger partial charge in [-0.3, -0.25) is 10.1 Å². The molecule has 0 aromatic heterocycles. The van der Waals surface area contributed by atoms with Crippen molar-refractivity contribution in [3.8, 4) is 0 Å². The average Bonchev–Trinajstić information content (AvgIpc) is 2.23. The molecule has 96 valence electrons. The van der Waals surface area contributed by atoms with Crippen LogP contribution in [0.1, 0.15) is 0 Å². The SMILES string of the molecule is O=[N+]([O-])C[C@H](O)[C@H](O)[C@@H](O)[C@@H](O)[C@H](O)CO. The van der Waals surface area contributed by atoms with Gasteiger partial charge in [-0.05, 0) is 0 Å². The van der Waals surface area contributed by atoms with Crippen LogP contribution in [0.25, 0.3) is 0 Å². The molecule has 0 saturated carbocycles. The lowest BCUT2D eigenvalue weighted by Crippen LogP contribution is -2.51. The Bertz CT molecular complexity index is 224. The zero-order valence-corrected chi connectivity index (χ0v) is 8.25. The second kappa shape index (κ2) is 6.68. The van der Waals surface area contributed by atoms with Crippen LogP contribution in [-0.2, 0) is 0 Å². The predicted molar refractivity (Wildman–Crippen MR) is 49.0 cm³/mol. The first-order valence-corrected chi connectivity index (χ1v) is 4.44. The summed E-state index contributed by atoms with van der Waals surface area (Å²) >= 11 is 0. The standard InChI is InChI=1S/C7H15NO8/c9-2-4(11)6(13)7(14)5(12)3(10)1-8(15)16/h3-7,9-14H,1-2H2/t3-,4+,5-,6-,7+/m0/s1. The first-order chi connectivity index (χ1) is 7.31. The zero-order valence-electron chi connectivity index (χ0n) is 8.25. The van der Waals surface area contributed by atoms with Crippen molar-refractivity contribution in [1.82, 2.24) is 0 Å². The molecule has 0 aromatic rings. The van der Waals surface area contributed by atoms with Gasteiger partial charge in [0.2, 0.25) is 6.54 Å². The third-order valence-electron chi connectivity index (χ3n) is 2.01. The largest absolute Gasteiger partial charge is 0.394 e. The normalized spacial score (nSPS) is 20.9. The van der Waals surface area contributed by atoms with Crippen LogP contribution in [0, 0.1) is 10.1 Å². The highest BCUT2D eigenvalue weighted by Crippen LogP contribution is 2.08. The number of aliphatic hydroxyl groups is 6. The maximum Gasteiger partial charge on any atom is 0.232 e. The minimum atomic E-state index is -2.00. The number of hydrogen-bond donors (Lipinski definition) is 6. The van der Waals surface area contributed by atoms with Crippen LogP contribution in [0.5, 0.6) is 0 Å². The summed E-state index contributed by atoms with van der Waals surface area (Å²) in [6.07, 6.45) is -9.52. The predicted octanol–water partition coefficient (Wildman–Crippen LogP) is -3.94. The molecule has 16 heavy (non-hydrogen) atoms. The molecule has 0 aromatic carbocycles.